The van der Waals surface area contributed by atoms with Gasteiger partial charge in [0.25, 0.3) is 0 Å². The van der Waals surface area contributed by atoms with E-state index in [1.54, 1.807) is 0 Å². The van der Waals surface area contributed by atoms with E-state index in [1.165, 1.54) is 42.4 Å². The Balaban J connectivity index is 1.09. The van der Waals surface area contributed by atoms with Gasteiger partial charge in [0.1, 0.15) is 22.3 Å². The number of furan rings is 2. The molecule has 0 radical (unpaired) electrons. The van der Waals surface area contributed by atoms with Gasteiger partial charge in [-0.05, 0) is 82.4 Å². The largest absolute Gasteiger partial charge is 0.456 e. The van der Waals surface area contributed by atoms with Crippen LogP contribution in [0.3, 0.4) is 0 Å². The van der Waals surface area contributed by atoms with Gasteiger partial charge in [-0.25, -0.2) is 0 Å². The Morgan fingerprint density at radius 1 is 0.362 bits per heavy atom. The quantitative estimate of drug-likeness (QED) is 0.169. The summed E-state index contributed by atoms with van der Waals surface area (Å²) in [4.78, 5) is 2.40. The number of benzene rings is 9. The molecule has 0 bridgehead atoms. The molecule has 0 atom stereocenters. The molecule has 0 amide bonds. The van der Waals surface area contributed by atoms with Gasteiger partial charge in [0.05, 0.1) is 10.4 Å². The van der Waals surface area contributed by atoms with Crippen LogP contribution in [0.5, 0.6) is 0 Å². The van der Waals surface area contributed by atoms with Crippen molar-refractivity contribution in [3.63, 3.8) is 0 Å². The minimum Gasteiger partial charge on any atom is -0.456 e. The first kappa shape index (κ1) is 32.8. The van der Waals surface area contributed by atoms with E-state index in [4.69, 9.17) is 8.83 Å². The van der Waals surface area contributed by atoms with Crippen LogP contribution in [0.1, 0.15) is 0 Å². The molecule has 58 heavy (non-hydrogen) atoms. The summed E-state index contributed by atoms with van der Waals surface area (Å²) in [5.74, 6) is 0. The Morgan fingerprint density at radius 3 is 1.71 bits per heavy atom. The zero-order chi connectivity index (χ0) is 38.2. The Morgan fingerprint density at radius 2 is 0.948 bits per heavy atom. The summed E-state index contributed by atoms with van der Waals surface area (Å²) in [6, 6.07) is 71.3. The van der Waals surface area contributed by atoms with Crippen LogP contribution < -0.4 is 4.90 Å². The number of rotatable bonds is 6. The second-order valence-corrected chi connectivity index (χ2v) is 15.9. The summed E-state index contributed by atoms with van der Waals surface area (Å²) < 4.78 is 16.1. The number of fused-ring (bicyclic) bond motifs is 9. The van der Waals surface area contributed by atoms with Crippen LogP contribution in [-0.4, -0.2) is 0 Å². The van der Waals surface area contributed by atoms with Gasteiger partial charge in [0, 0.05) is 54.0 Å². The maximum atomic E-state index is 6.94. The molecule has 3 aromatic heterocycles. The molecule has 0 spiro atoms. The second kappa shape index (κ2) is 13.1. The van der Waals surface area contributed by atoms with Crippen LogP contribution in [0, 0.1) is 0 Å². The highest BCUT2D eigenvalue weighted by Gasteiger charge is 2.23. The standard InChI is InChI=1S/C54H33NO2S/c1-3-12-34(13-4-1)36-22-24-38(25-23-36)51-52-43-17-7-9-20-47(43)56-49(52)33-45-44-32-40(30-31-48(44)57-53(45)51)55(39-28-26-37(27-29-39)35-14-5-2-6-15-35)46-19-11-18-42-41-16-8-10-21-50(41)58-54(42)46/h1-33H. The van der Waals surface area contributed by atoms with Gasteiger partial charge >= 0.3 is 0 Å². The van der Waals surface area contributed by atoms with Crippen LogP contribution in [0.15, 0.2) is 209 Å². The topological polar surface area (TPSA) is 29.5 Å². The molecule has 0 unspecified atom stereocenters. The van der Waals surface area contributed by atoms with Crippen LogP contribution in [-0.2, 0) is 0 Å². The second-order valence-electron chi connectivity index (χ2n) is 14.8. The van der Waals surface area contributed by atoms with E-state index in [1.807, 2.05) is 23.5 Å². The van der Waals surface area contributed by atoms with E-state index in [0.717, 1.165) is 72.1 Å². The first-order valence-corrected chi connectivity index (χ1v) is 20.4. The zero-order valence-electron chi connectivity index (χ0n) is 31.2. The first-order valence-electron chi connectivity index (χ1n) is 19.6. The van der Waals surface area contributed by atoms with Crippen molar-refractivity contribution < 1.29 is 8.83 Å². The lowest BCUT2D eigenvalue weighted by Gasteiger charge is -2.26. The van der Waals surface area contributed by atoms with Crippen molar-refractivity contribution in [2.75, 3.05) is 4.90 Å². The fourth-order valence-corrected chi connectivity index (χ4v) is 9.95. The monoisotopic (exact) mass is 759 g/mol. The lowest BCUT2D eigenvalue weighted by Crippen LogP contribution is -2.10. The van der Waals surface area contributed by atoms with Crippen LogP contribution in [0.25, 0.3) is 97.4 Å². The predicted octanol–water partition coefficient (Wildman–Crippen LogP) is 16.3. The minimum absolute atomic E-state index is 0.831. The molecule has 4 heteroatoms. The molecule has 272 valence electrons. The van der Waals surface area contributed by atoms with Gasteiger partial charge in [-0.3, -0.25) is 0 Å². The number of hydrogen-bond acceptors (Lipinski definition) is 4. The van der Waals surface area contributed by atoms with E-state index in [-0.39, 0.29) is 0 Å². The lowest BCUT2D eigenvalue weighted by atomic mass is 9.95. The molecule has 3 heterocycles. The summed E-state index contributed by atoms with van der Waals surface area (Å²) in [7, 11) is 0. The highest BCUT2D eigenvalue weighted by Crippen LogP contribution is 2.48. The van der Waals surface area contributed by atoms with Gasteiger partial charge in [-0.2, -0.15) is 0 Å². The van der Waals surface area contributed by atoms with Gasteiger partial charge in [-0.15, -0.1) is 11.3 Å². The molecule has 12 rings (SSSR count). The van der Waals surface area contributed by atoms with Gasteiger partial charge < -0.3 is 13.7 Å². The summed E-state index contributed by atoms with van der Waals surface area (Å²) >= 11 is 1.84. The maximum absolute atomic E-state index is 6.94. The normalized spacial score (nSPS) is 11.8. The molecule has 0 aliphatic rings. The van der Waals surface area contributed by atoms with E-state index in [2.05, 4.69) is 193 Å². The third-order valence-corrected chi connectivity index (χ3v) is 12.7. The molecule has 0 aliphatic heterocycles. The molecule has 12 aromatic rings. The maximum Gasteiger partial charge on any atom is 0.144 e. The molecular formula is C54H33NO2S. The van der Waals surface area contributed by atoms with Crippen molar-refractivity contribution in [2.24, 2.45) is 0 Å². The molecule has 9 aromatic carbocycles. The molecule has 0 aliphatic carbocycles. The Hall–Kier alpha value is -7.40. The van der Waals surface area contributed by atoms with E-state index in [0.29, 0.717) is 0 Å². The average molecular weight is 760 g/mol. The first-order chi connectivity index (χ1) is 28.7. The Kier molecular flexibility index (Phi) is 7.40. The number of para-hydroxylation sites is 1. The van der Waals surface area contributed by atoms with Gasteiger partial charge in [0.2, 0.25) is 0 Å². The molecule has 0 saturated heterocycles. The van der Waals surface area contributed by atoms with Crippen molar-refractivity contribution in [1.29, 1.82) is 0 Å². The smallest absolute Gasteiger partial charge is 0.144 e. The van der Waals surface area contributed by atoms with E-state index >= 15 is 0 Å². The SMILES string of the molecule is c1ccc(-c2ccc(-c3c4oc5ccc(N(c6ccc(-c7ccccc7)cc6)c6cccc7c6sc6ccccc67)cc5c4cc4oc5ccccc5c34)cc2)cc1. The number of nitrogens with zero attached hydrogens (tertiary/aromatic N) is 1. The summed E-state index contributed by atoms with van der Waals surface area (Å²) in [6.45, 7) is 0. The van der Waals surface area contributed by atoms with Crippen molar-refractivity contribution in [1.82, 2.24) is 0 Å². The van der Waals surface area contributed by atoms with Crippen molar-refractivity contribution >= 4 is 92.4 Å². The lowest BCUT2D eigenvalue weighted by molar-refractivity contribution is 0.664. The molecule has 0 N–H and O–H groups in total. The van der Waals surface area contributed by atoms with Crippen molar-refractivity contribution in [2.45, 2.75) is 0 Å². The zero-order valence-corrected chi connectivity index (χ0v) is 32.0. The molecular weight excluding hydrogens is 727 g/mol. The third kappa shape index (κ3) is 5.19. The molecule has 0 saturated carbocycles. The number of anilines is 3. The van der Waals surface area contributed by atoms with Crippen molar-refractivity contribution in [3.8, 4) is 33.4 Å². The third-order valence-electron chi connectivity index (χ3n) is 11.5. The fraction of sp³-hybridized carbons (Fsp3) is 0. The molecule has 0 fully saturated rings. The number of hydrogen-bond donors (Lipinski definition) is 0. The predicted molar refractivity (Wildman–Crippen MR) is 245 cm³/mol. The summed E-state index contributed by atoms with van der Waals surface area (Å²) in [5.41, 5.74) is 13.5. The Labute approximate surface area is 338 Å². The number of thiophene rings is 1. The average Bonchev–Trinajstić information content (AvgIpc) is 3.98. The highest BCUT2D eigenvalue weighted by atomic mass is 32.1. The minimum atomic E-state index is 0.831. The fourth-order valence-electron chi connectivity index (χ4n) is 8.75. The summed E-state index contributed by atoms with van der Waals surface area (Å²) in [6.07, 6.45) is 0. The van der Waals surface area contributed by atoms with Crippen LogP contribution in [0.4, 0.5) is 17.1 Å². The van der Waals surface area contributed by atoms with Crippen molar-refractivity contribution in [3.05, 3.63) is 200 Å². The van der Waals surface area contributed by atoms with Gasteiger partial charge in [0.15, 0.2) is 0 Å². The van der Waals surface area contributed by atoms with E-state index in [9.17, 15) is 0 Å². The molecule has 3 nitrogen and oxygen atoms in total. The summed E-state index contributed by atoms with van der Waals surface area (Å²) in [5, 5.41) is 6.72. The van der Waals surface area contributed by atoms with Crippen LogP contribution in [0.2, 0.25) is 0 Å². The van der Waals surface area contributed by atoms with Crippen LogP contribution >= 0.6 is 11.3 Å². The Bertz CT molecular complexity index is 3490. The highest BCUT2D eigenvalue weighted by molar-refractivity contribution is 7.26. The van der Waals surface area contributed by atoms with E-state index < -0.39 is 0 Å². The van der Waals surface area contributed by atoms with Gasteiger partial charge in [-0.1, -0.05) is 146 Å².